The van der Waals surface area contributed by atoms with E-state index in [0.29, 0.717) is 16.3 Å². The minimum absolute atomic E-state index is 0.0123. The van der Waals surface area contributed by atoms with Crippen LogP contribution in [-0.2, 0) is 15.7 Å². The quantitative estimate of drug-likeness (QED) is 0.426. The molecular formula is C15H23ClN2O5S. The van der Waals surface area contributed by atoms with Gasteiger partial charge in [-0.1, -0.05) is 11.6 Å². The van der Waals surface area contributed by atoms with Crippen molar-refractivity contribution in [2.45, 2.75) is 38.5 Å². The van der Waals surface area contributed by atoms with Crippen molar-refractivity contribution >= 4 is 22.6 Å². The Morgan fingerprint density at radius 1 is 1.42 bits per heavy atom. The number of ether oxygens (including phenoxy) is 2. The van der Waals surface area contributed by atoms with Crippen molar-refractivity contribution in [3.63, 3.8) is 0 Å². The third-order valence-corrected chi connectivity index (χ3v) is 5.15. The lowest BCUT2D eigenvalue weighted by atomic mass is 10.0. The maximum atomic E-state index is 12.4. The van der Waals surface area contributed by atoms with Gasteiger partial charge >= 0.3 is 0 Å². The molecule has 0 saturated carbocycles. The maximum absolute atomic E-state index is 12.4. The highest BCUT2D eigenvalue weighted by Gasteiger charge is 2.29. The molecule has 0 heterocycles. The van der Waals surface area contributed by atoms with Gasteiger partial charge in [0.1, 0.15) is 11.8 Å². The van der Waals surface area contributed by atoms with E-state index >= 15 is 0 Å². The van der Waals surface area contributed by atoms with Crippen molar-refractivity contribution in [1.29, 1.82) is 0 Å². The number of methoxy groups -OCH3 is 1. The first-order valence-corrected chi connectivity index (χ1v) is 8.80. The van der Waals surface area contributed by atoms with Crippen LogP contribution in [-0.4, -0.2) is 34.3 Å². The van der Waals surface area contributed by atoms with Gasteiger partial charge in [-0.3, -0.25) is 10.1 Å². The Balaban J connectivity index is 3.27. The van der Waals surface area contributed by atoms with Crippen LogP contribution < -0.4 is 9.46 Å². The number of hydrogen-bond donors (Lipinski definition) is 1. The van der Waals surface area contributed by atoms with Crippen molar-refractivity contribution < 1.29 is 18.6 Å². The molecule has 0 fully saturated rings. The fourth-order valence-corrected chi connectivity index (χ4v) is 2.83. The van der Waals surface area contributed by atoms with Crippen LogP contribution in [0.4, 0.5) is 0 Å². The summed E-state index contributed by atoms with van der Waals surface area (Å²) in [5.74, 6) is 0.406. The molecule has 0 spiro atoms. The van der Waals surface area contributed by atoms with E-state index < -0.39 is 33.2 Å². The Hall–Kier alpha value is -1.22. The Labute approximate surface area is 149 Å². The van der Waals surface area contributed by atoms with Crippen molar-refractivity contribution in [2.24, 2.45) is 0 Å². The summed E-state index contributed by atoms with van der Waals surface area (Å²) in [4.78, 5) is 10.6. The van der Waals surface area contributed by atoms with Gasteiger partial charge in [-0.05, 0) is 45.4 Å². The molecule has 0 aliphatic rings. The van der Waals surface area contributed by atoms with Gasteiger partial charge < -0.3 is 9.47 Å². The molecule has 0 amide bonds. The molecule has 24 heavy (non-hydrogen) atoms. The molecule has 0 aromatic heterocycles. The fourth-order valence-electron chi connectivity index (χ4n) is 1.84. The summed E-state index contributed by atoms with van der Waals surface area (Å²) in [6.45, 7) is 6.68. The number of benzene rings is 1. The third kappa shape index (κ3) is 6.01. The summed E-state index contributed by atoms with van der Waals surface area (Å²) in [5.41, 5.74) is 1.24. The summed E-state index contributed by atoms with van der Waals surface area (Å²) in [7, 11) is -0.0186. The molecule has 0 aliphatic heterocycles. The number of nitrogens with one attached hydrogen (secondary N) is 1. The number of nitro groups is 1. The van der Waals surface area contributed by atoms with E-state index in [-0.39, 0.29) is 6.79 Å². The standard InChI is InChI=1S/C15H23ClN2O5S/c1-10-6-14(23-9-22-5)11(7-12(10)16)13(8-18(19)20)17-24(21)15(2,3)4/h6-7,13,17H,8-9H2,1-5H3/t13-,24+/m1/s1. The normalized spacial score (nSPS) is 14.2. The van der Waals surface area contributed by atoms with E-state index in [1.54, 1.807) is 39.8 Å². The first-order chi connectivity index (χ1) is 11.1. The van der Waals surface area contributed by atoms with Gasteiger partial charge in [-0.2, -0.15) is 0 Å². The highest BCUT2D eigenvalue weighted by Crippen LogP contribution is 2.32. The summed E-state index contributed by atoms with van der Waals surface area (Å²) in [6.07, 6.45) is 0. The fraction of sp³-hybridized carbons (Fsp3) is 0.600. The van der Waals surface area contributed by atoms with E-state index in [9.17, 15) is 14.3 Å². The Kier molecular flexibility index (Phi) is 7.59. The molecule has 1 rings (SSSR count). The molecular weight excluding hydrogens is 356 g/mol. The molecule has 136 valence electrons. The largest absolute Gasteiger partial charge is 0.467 e. The van der Waals surface area contributed by atoms with Crippen molar-refractivity contribution in [2.75, 3.05) is 20.4 Å². The number of aryl methyl sites for hydroxylation is 1. The van der Waals surface area contributed by atoms with Gasteiger partial charge in [-0.25, -0.2) is 8.93 Å². The first kappa shape index (κ1) is 20.8. The van der Waals surface area contributed by atoms with Crippen LogP contribution >= 0.6 is 11.6 Å². The molecule has 1 N–H and O–H groups in total. The Morgan fingerprint density at radius 3 is 2.54 bits per heavy atom. The van der Waals surface area contributed by atoms with Crippen LogP contribution in [0.15, 0.2) is 12.1 Å². The van der Waals surface area contributed by atoms with E-state index in [1.807, 2.05) is 0 Å². The Bertz CT molecular complexity index is 619. The van der Waals surface area contributed by atoms with Crippen LogP contribution in [0.1, 0.15) is 37.9 Å². The van der Waals surface area contributed by atoms with Crippen LogP contribution in [0, 0.1) is 17.0 Å². The predicted octanol–water partition coefficient (Wildman–Crippen LogP) is 3.00. The average molecular weight is 379 g/mol. The number of rotatable bonds is 8. The molecule has 2 atom stereocenters. The minimum Gasteiger partial charge on any atom is -0.467 e. The summed E-state index contributed by atoms with van der Waals surface area (Å²) in [6, 6.07) is 2.47. The zero-order valence-corrected chi connectivity index (χ0v) is 16.0. The van der Waals surface area contributed by atoms with Crippen molar-refractivity contribution in [3.05, 3.63) is 38.4 Å². The molecule has 0 radical (unpaired) electrons. The average Bonchev–Trinajstić information content (AvgIpc) is 2.45. The lowest BCUT2D eigenvalue weighted by Crippen LogP contribution is -2.38. The van der Waals surface area contributed by atoms with Gasteiger partial charge in [0.05, 0.1) is 15.7 Å². The molecule has 1 aromatic carbocycles. The molecule has 0 bridgehead atoms. The van der Waals surface area contributed by atoms with Gasteiger partial charge in [0.2, 0.25) is 6.54 Å². The maximum Gasteiger partial charge on any atom is 0.224 e. The second kappa shape index (κ2) is 8.75. The van der Waals surface area contributed by atoms with Crippen LogP contribution in [0.5, 0.6) is 5.75 Å². The van der Waals surface area contributed by atoms with Gasteiger partial charge in [0.25, 0.3) is 0 Å². The Morgan fingerprint density at radius 2 is 2.04 bits per heavy atom. The molecule has 0 unspecified atom stereocenters. The molecule has 1 aromatic rings. The summed E-state index contributed by atoms with van der Waals surface area (Å²) >= 11 is 6.17. The SMILES string of the molecule is COCOc1cc(C)c(Cl)cc1[C@@H](C[N+](=O)[O-])N[S@@](=O)C(C)(C)C. The minimum atomic E-state index is -1.49. The first-order valence-electron chi connectivity index (χ1n) is 7.28. The van der Waals surface area contributed by atoms with Gasteiger partial charge in [0.15, 0.2) is 6.79 Å². The lowest BCUT2D eigenvalue weighted by Gasteiger charge is -2.24. The van der Waals surface area contributed by atoms with E-state index in [0.717, 1.165) is 5.56 Å². The summed E-state index contributed by atoms with van der Waals surface area (Å²) in [5, 5.41) is 11.5. The van der Waals surface area contributed by atoms with E-state index in [4.69, 9.17) is 21.1 Å². The van der Waals surface area contributed by atoms with Gasteiger partial charge in [0, 0.05) is 22.6 Å². The van der Waals surface area contributed by atoms with Crippen LogP contribution in [0.2, 0.25) is 5.02 Å². The third-order valence-electron chi connectivity index (χ3n) is 3.14. The number of hydrogen-bond acceptors (Lipinski definition) is 5. The summed E-state index contributed by atoms with van der Waals surface area (Å²) < 4.78 is 25.0. The van der Waals surface area contributed by atoms with Crippen LogP contribution in [0.25, 0.3) is 0 Å². The molecule has 9 heteroatoms. The number of halogens is 1. The van der Waals surface area contributed by atoms with E-state index in [2.05, 4.69) is 4.72 Å². The smallest absolute Gasteiger partial charge is 0.224 e. The van der Waals surface area contributed by atoms with Gasteiger partial charge in [-0.15, -0.1) is 0 Å². The second-order valence-corrected chi connectivity index (χ2v) is 8.66. The van der Waals surface area contributed by atoms with Crippen molar-refractivity contribution in [3.8, 4) is 5.75 Å². The highest BCUT2D eigenvalue weighted by molar-refractivity contribution is 7.84. The molecule has 0 aliphatic carbocycles. The lowest BCUT2D eigenvalue weighted by molar-refractivity contribution is -0.483. The zero-order chi connectivity index (χ0) is 18.5. The van der Waals surface area contributed by atoms with Crippen LogP contribution in [0.3, 0.4) is 0 Å². The molecule has 7 nitrogen and oxygen atoms in total. The zero-order valence-electron chi connectivity index (χ0n) is 14.4. The van der Waals surface area contributed by atoms with Crippen molar-refractivity contribution in [1.82, 2.24) is 4.72 Å². The monoisotopic (exact) mass is 378 g/mol. The highest BCUT2D eigenvalue weighted by atomic mass is 35.5. The number of nitrogens with zero attached hydrogens (tertiary/aromatic N) is 1. The second-order valence-electron chi connectivity index (χ2n) is 6.26. The topological polar surface area (TPSA) is 90.7 Å². The molecule has 0 saturated heterocycles. The van der Waals surface area contributed by atoms with E-state index in [1.165, 1.54) is 7.11 Å². The predicted molar refractivity (Wildman–Crippen MR) is 94.3 cm³/mol.